The van der Waals surface area contributed by atoms with Gasteiger partial charge in [-0.1, -0.05) is 38.3 Å². The summed E-state index contributed by atoms with van der Waals surface area (Å²) >= 11 is 0. The summed E-state index contributed by atoms with van der Waals surface area (Å²) in [6.07, 6.45) is 4.68. The number of nitrogens with one attached hydrogen (secondary N) is 2. The molecule has 0 spiro atoms. The lowest BCUT2D eigenvalue weighted by molar-refractivity contribution is -0.115. The van der Waals surface area contributed by atoms with Crippen LogP contribution < -0.4 is 10.6 Å². The second-order valence-corrected chi connectivity index (χ2v) is 4.27. The standard InChI is InChI=1S/C14H21FN2O/c1-2-3-4-7-10-16-11-14(18)17-13-9-6-5-8-12(13)15/h5-6,8-9,16H,2-4,7,10-11H2,1H3,(H,17,18). The minimum absolute atomic E-state index is 0.212. The quantitative estimate of drug-likeness (QED) is 0.698. The van der Waals surface area contributed by atoms with Gasteiger partial charge in [-0.25, -0.2) is 4.39 Å². The maximum atomic E-state index is 13.2. The summed E-state index contributed by atoms with van der Waals surface area (Å²) in [5.41, 5.74) is 0.232. The van der Waals surface area contributed by atoms with Gasteiger partial charge in [-0.2, -0.15) is 0 Å². The minimum atomic E-state index is -0.409. The van der Waals surface area contributed by atoms with Gasteiger partial charge in [0.2, 0.25) is 5.91 Å². The van der Waals surface area contributed by atoms with Crippen LogP contribution in [0.15, 0.2) is 24.3 Å². The van der Waals surface area contributed by atoms with Gasteiger partial charge in [0.25, 0.3) is 0 Å². The molecular weight excluding hydrogens is 231 g/mol. The predicted octanol–water partition coefficient (Wildman–Crippen LogP) is 2.93. The summed E-state index contributed by atoms with van der Waals surface area (Å²) in [6, 6.07) is 6.16. The number of rotatable bonds is 8. The third-order valence-electron chi connectivity index (χ3n) is 2.64. The molecule has 0 radical (unpaired) electrons. The molecule has 0 aliphatic rings. The lowest BCUT2D eigenvalue weighted by Gasteiger charge is -2.07. The molecule has 0 saturated carbocycles. The largest absolute Gasteiger partial charge is 0.322 e. The number of para-hydroxylation sites is 1. The van der Waals surface area contributed by atoms with Crippen LogP contribution in [0, 0.1) is 5.82 Å². The highest BCUT2D eigenvalue weighted by Crippen LogP contribution is 2.11. The van der Waals surface area contributed by atoms with Gasteiger partial charge in [0, 0.05) is 0 Å². The number of carbonyl (C=O) groups excluding carboxylic acids is 1. The van der Waals surface area contributed by atoms with E-state index < -0.39 is 5.82 Å². The number of carbonyl (C=O) groups is 1. The molecule has 0 atom stereocenters. The van der Waals surface area contributed by atoms with Crippen molar-refractivity contribution < 1.29 is 9.18 Å². The van der Waals surface area contributed by atoms with Crippen LogP contribution in [-0.4, -0.2) is 19.0 Å². The molecule has 1 aromatic rings. The predicted molar refractivity (Wildman–Crippen MR) is 72.0 cm³/mol. The van der Waals surface area contributed by atoms with E-state index in [2.05, 4.69) is 17.6 Å². The van der Waals surface area contributed by atoms with Gasteiger partial charge in [-0.3, -0.25) is 4.79 Å². The fourth-order valence-corrected chi connectivity index (χ4v) is 1.64. The first kappa shape index (κ1) is 14.6. The average Bonchev–Trinajstić information content (AvgIpc) is 2.36. The van der Waals surface area contributed by atoms with Crippen molar-refractivity contribution in [2.45, 2.75) is 32.6 Å². The van der Waals surface area contributed by atoms with Gasteiger partial charge in [0.15, 0.2) is 0 Å². The van der Waals surface area contributed by atoms with E-state index in [9.17, 15) is 9.18 Å². The van der Waals surface area contributed by atoms with Crippen molar-refractivity contribution in [1.29, 1.82) is 0 Å². The average molecular weight is 252 g/mol. The molecule has 3 nitrogen and oxygen atoms in total. The third kappa shape index (κ3) is 5.77. The first-order chi connectivity index (χ1) is 8.74. The van der Waals surface area contributed by atoms with Crippen molar-refractivity contribution >= 4 is 11.6 Å². The Morgan fingerprint density at radius 2 is 2.00 bits per heavy atom. The lowest BCUT2D eigenvalue weighted by atomic mass is 10.2. The summed E-state index contributed by atoms with van der Waals surface area (Å²) in [5, 5.41) is 5.59. The first-order valence-electron chi connectivity index (χ1n) is 6.49. The number of anilines is 1. The van der Waals surface area contributed by atoms with Crippen LogP contribution >= 0.6 is 0 Å². The van der Waals surface area contributed by atoms with E-state index in [0.29, 0.717) is 0 Å². The number of hydrogen-bond acceptors (Lipinski definition) is 2. The van der Waals surface area contributed by atoms with E-state index in [-0.39, 0.29) is 18.1 Å². The Morgan fingerprint density at radius 1 is 1.22 bits per heavy atom. The monoisotopic (exact) mass is 252 g/mol. The fourth-order valence-electron chi connectivity index (χ4n) is 1.64. The van der Waals surface area contributed by atoms with Gasteiger partial charge in [-0.15, -0.1) is 0 Å². The van der Waals surface area contributed by atoms with Crippen LogP contribution in [0.1, 0.15) is 32.6 Å². The molecule has 0 aliphatic carbocycles. The maximum absolute atomic E-state index is 13.2. The van der Waals surface area contributed by atoms with Crippen molar-refractivity contribution in [1.82, 2.24) is 5.32 Å². The van der Waals surface area contributed by atoms with Crippen LogP contribution in [0.4, 0.5) is 10.1 Å². The Kier molecular flexibility index (Phi) is 7.03. The van der Waals surface area contributed by atoms with E-state index in [1.165, 1.54) is 25.3 Å². The Morgan fingerprint density at radius 3 is 2.72 bits per heavy atom. The lowest BCUT2D eigenvalue weighted by Crippen LogP contribution is -2.29. The minimum Gasteiger partial charge on any atom is -0.322 e. The summed E-state index contributed by atoms with van der Waals surface area (Å²) in [4.78, 5) is 11.5. The smallest absolute Gasteiger partial charge is 0.238 e. The van der Waals surface area contributed by atoms with Crippen LogP contribution in [-0.2, 0) is 4.79 Å². The number of hydrogen-bond donors (Lipinski definition) is 2. The van der Waals surface area contributed by atoms with Crippen molar-refractivity contribution in [3.8, 4) is 0 Å². The first-order valence-corrected chi connectivity index (χ1v) is 6.49. The zero-order valence-corrected chi connectivity index (χ0v) is 10.8. The number of unbranched alkanes of at least 4 members (excludes halogenated alkanes) is 3. The van der Waals surface area contributed by atoms with E-state index in [0.717, 1.165) is 13.0 Å². The summed E-state index contributed by atoms with van der Waals surface area (Å²) in [6.45, 7) is 3.21. The fraction of sp³-hybridized carbons (Fsp3) is 0.500. The molecule has 0 aliphatic heterocycles. The Bertz CT molecular complexity index is 369. The molecule has 0 unspecified atom stereocenters. The molecule has 0 saturated heterocycles. The van der Waals surface area contributed by atoms with Gasteiger partial charge < -0.3 is 10.6 Å². The van der Waals surface area contributed by atoms with Gasteiger partial charge >= 0.3 is 0 Å². The number of amides is 1. The van der Waals surface area contributed by atoms with Crippen LogP contribution in [0.5, 0.6) is 0 Å². The molecule has 1 rings (SSSR count). The highest BCUT2D eigenvalue weighted by molar-refractivity contribution is 5.92. The van der Waals surface area contributed by atoms with E-state index in [1.807, 2.05) is 0 Å². The zero-order chi connectivity index (χ0) is 13.2. The highest BCUT2D eigenvalue weighted by Gasteiger charge is 2.05. The normalized spacial score (nSPS) is 10.3. The molecule has 100 valence electrons. The number of halogens is 1. The highest BCUT2D eigenvalue weighted by atomic mass is 19.1. The molecule has 0 bridgehead atoms. The summed E-state index contributed by atoms with van der Waals surface area (Å²) in [5.74, 6) is -0.621. The Balaban J connectivity index is 2.16. The topological polar surface area (TPSA) is 41.1 Å². The third-order valence-corrected chi connectivity index (χ3v) is 2.64. The molecule has 18 heavy (non-hydrogen) atoms. The second-order valence-electron chi connectivity index (χ2n) is 4.27. The second kappa shape index (κ2) is 8.64. The van der Waals surface area contributed by atoms with E-state index >= 15 is 0 Å². The van der Waals surface area contributed by atoms with Crippen molar-refractivity contribution in [3.05, 3.63) is 30.1 Å². The van der Waals surface area contributed by atoms with Crippen molar-refractivity contribution in [2.75, 3.05) is 18.4 Å². The van der Waals surface area contributed by atoms with E-state index in [1.54, 1.807) is 18.2 Å². The van der Waals surface area contributed by atoms with Crippen LogP contribution in [0.3, 0.4) is 0 Å². The molecule has 1 aromatic carbocycles. The molecule has 0 aromatic heterocycles. The van der Waals surface area contributed by atoms with Gasteiger partial charge in [0.1, 0.15) is 5.82 Å². The zero-order valence-electron chi connectivity index (χ0n) is 10.8. The molecule has 0 heterocycles. The van der Waals surface area contributed by atoms with Crippen molar-refractivity contribution in [2.24, 2.45) is 0 Å². The Hall–Kier alpha value is -1.42. The summed E-state index contributed by atoms with van der Waals surface area (Å²) in [7, 11) is 0. The Labute approximate surface area is 108 Å². The molecular formula is C14H21FN2O. The maximum Gasteiger partial charge on any atom is 0.238 e. The molecule has 1 amide bonds. The molecule has 2 N–H and O–H groups in total. The molecule has 0 fully saturated rings. The van der Waals surface area contributed by atoms with Gasteiger partial charge in [0.05, 0.1) is 12.2 Å². The SMILES string of the molecule is CCCCCCNCC(=O)Nc1ccccc1F. The van der Waals surface area contributed by atoms with Crippen LogP contribution in [0.2, 0.25) is 0 Å². The number of benzene rings is 1. The molecule has 4 heteroatoms. The van der Waals surface area contributed by atoms with E-state index in [4.69, 9.17) is 0 Å². The van der Waals surface area contributed by atoms with Crippen LogP contribution in [0.25, 0.3) is 0 Å². The summed E-state index contributed by atoms with van der Waals surface area (Å²) < 4.78 is 13.2. The van der Waals surface area contributed by atoms with Crippen molar-refractivity contribution in [3.63, 3.8) is 0 Å². The van der Waals surface area contributed by atoms with Gasteiger partial charge in [-0.05, 0) is 25.1 Å².